The molecular weight excluding hydrogens is 297 g/mol. The maximum absolute atomic E-state index is 13.4. The average Bonchev–Trinajstić information content (AvgIpc) is 2.42. The summed E-state index contributed by atoms with van der Waals surface area (Å²) >= 11 is 5.98. The van der Waals surface area contributed by atoms with E-state index in [9.17, 15) is 14.0 Å². The minimum absolute atomic E-state index is 0.118. The van der Waals surface area contributed by atoms with Crippen molar-refractivity contribution >= 4 is 34.8 Å². The summed E-state index contributed by atoms with van der Waals surface area (Å²) in [6.07, 6.45) is 2.28. The first-order chi connectivity index (χ1) is 9.97. The van der Waals surface area contributed by atoms with E-state index in [0.29, 0.717) is 11.4 Å². The molecule has 7 heteroatoms. The number of nitrogens with zero attached hydrogens (tertiary/aromatic N) is 1. The zero-order chi connectivity index (χ0) is 15.4. The lowest BCUT2D eigenvalue weighted by Crippen LogP contribution is -2.14. The highest BCUT2D eigenvalue weighted by molar-refractivity contribution is 6.34. The highest BCUT2D eigenvalue weighted by atomic mass is 35.5. The van der Waals surface area contributed by atoms with Crippen LogP contribution < -0.4 is 10.6 Å². The number of aromatic nitrogens is 1. The van der Waals surface area contributed by atoms with E-state index in [0.717, 1.165) is 6.20 Å². The van der Waals surface area contributed by atoms with E-state index in [2.05, 4.69) is 15.6 Å². The van der Waals surface area contributed by atoms with Crippen LogP contribution in [0, 0.1) is 5.82 Å². The van der Waals surface area contributed by atoms with E-state index in [1.807, 2.05) is 0 Å². The molecule has 2 amide bonds. The van der Waals surface area contributed by atoms with Gasteiger partial charge < -0.3 is 10.6 Å². The number of rotatable bonds is 3. The van der Waals surface area contributed by atoms with Crippen molar-refractivity contribution in [3.8, 4) is 0 Å². The number of pyridine rings is 1. The Kier molecular flexibility index (Phi) is 4.49. The Morgan fingerprint density at radius 3 is 2.62 bits per heavy atom. The zero-order valence-corrected chi connectivity index (χ0v) is 11.7. The Morgan fingerprint density at radius 1 is 1.24 bits per heavy atom. The molecule has 0 unspecified atom stereocenters. The Labute approximate surface area is 125 Å². The quantitative estimate of drug-likeness (QED) is 0.915. The van der Waals surface area contributed by atoms with Gasteiger partial charge in [0.2, 0.25) is 5.91 Å². The third kappa shape index (κ3) is 3.76. The first kappa shape index (κ1) is 14.9. The number of carbonyl (C=O) groups is 2. The van der Waals surface area contributed by atoms with E-state index < -0.39 is 11.7 Å². The topological polar surface area (TPSA) is 71.1 Å². The van der Waals surface area contributed by atoms with Crippen molar-refractivity contribution in [1.82, 2.24) is 4.98 Å². The van der Waals surface area contributed by atoms with Gasteiger partial charge in [-0.1, -0.05) is 11.6 Å². The SMILES string of the molecule is CC(=O)Nc1ccc(NC(=O)c2ccncc2F)cc1Cl. The van der Waals surface area contributed by atoms with Crippen LogP contribution in [0.15, 0.2) is 36.7 Å². The summed E-state index contributed by atoms with van der Waals surface area (Å²) in [6.45, 7) is 1.36. The number of amides is 2. The van der Waals surface area contributed by atoms with Crippen LogP contribution >= 0.6 is 11.6 Å². The lowest BCUT2D eigenvalue weighted by Gasteiger charge is -2.09. The minimum atomic E-state index is -0.712. The molecule has 0 aliphatic heterocycles. The molecule has 0 fully saturated rings. The zero-order valence-electron chi connectivity index (χ0n) is 11.0. The van der Waals surface area contributed by atoms with E-state index in [-0.39, 0.29) is 16.5 Å². The van der Waals surface area contributed by atoms with E-state index in [4.69, 9.17) is 11.6 Å². The number of hydrogen-bond donors (Lipinski definition) is 2. The van der Waals surface area contributed by atoms with Gasteiger partial charge in [-0.05, 0) is 24.3 Å². The maximum atomic E-state index is 13.4. The van der Waals surface area contributed by atoms with Crippen LogP contribution in [0.5, 0.6) is 0 Å². The second kappa shape index (κ2) is 6.32. The number of carbonyl (C=O) groups excluding carboxylic acids is 2. The van der Waals surface area contributed by atoms with Crippen LogP contribution in [0.3, 0.4) is 0 Å². The monoisotopic (exact) mass is 307 g/mol. The molecule has 0 aliphatic carbocycles. The smallest absolute Gasteiger partial charge is 0.258 e. The number of halogens is 2. The molecule has 108 valence electrons. The van der Waals surface area contributed by atoms with Gasteiger partial charge in [-0.25, -0.2) is 4.39 Å². The van der Waals surface area contributed by atoms with Gasteiger partial charge in [0.1, 0.15) is 0 Å². The molecule has 0 bridgehead atoms. The van der Waals surface area contributed by atoms with Crippen molar-refractivity contribution in [1.29, 1.82) is 0 Å². The van der Waals surface area contributed by atoms with Crippen molar-refractivity contribution in [2.45, 2.75) is 6.92 Å². The van der Waals surface area contributed by atoms with Crippen molar-refractivity contribution in [3.63, 3.8) is 0 Å². The van der Waals surface area contributed by atoms with Crippen molar-refractivity contribution in [3.05, 3.63) is 53.1 Å². The third-order valence-corrected chi connectivity index (χ3v) is 2.87. The summed E-state index contributed by atoms with van der Waals surface area (Å²) in [5.74, 6) is -1.58. The molecule has 1 aromatic carbocycles. The molecule has 0 aliphatic rings. The van der Waals surface area contributed by atoms with Gasteiger partial charge in [-0.2, -0.15) is 0 Å². The van der Waals surface area contributed by atoms with Crippen LogP contribution in [0.1, 0.15) is 17.3 Å². The van der Waals surface area contributed by atoms with Crippen molar-refractivity contribution in [2.75, 3.05) is 10.6 Å². The number of nitrogens with one attached hydrogen (secondary N) is 2. The molecule has 5 nitrogen and oxygen atoms in total. The van der Waals surface area contributed by atoms with Gasteiger partial charge in [-0.15, -0.1) is 0 Å². The van der Waals surface area contributed by atoms with Crippen LogP contribution in [0.25, 0.3) is 0 Å². The molecule has 2 rings (SSSR count). The van der Waals surface area contributed by atoms with Gasteiger partial charge >= 0.3 is 0 Å². The first-order valence-electron chi connectivity index (χ1n) is 5.95. The van der Waals surface area contributed by atoms with Crippen LogP contribution in [-0.2, 0) is 4.79 Å². The van der Waals surface area contributed by atoms with Crippen LogP contribution in [-0.4, -0.2) is 16.8 Å². The van der Waals surface area contributed by atoms with Gasteiger partial charge in [0, 0.05) is 18.8 Å². The fourth-order valence-corrected chi connectivity index (χ4v) is 1.87. The van der Waals surface area contributed by atoms with Crippen molar-refractivity contribution < 1.29 is 14.0 Å². The molecule has 0 saturated carbocycles. The summed E-state index contributed by atoms with van der Waals surface area (Å²) in [5, 5.41) is 5.32. The van der Waals surface area contributed by atoms with Gasteiger partial charge in [0.25, 0.3) is 5.91 Å². The Balaban J connectivity index is 2.17. The average molecular weight is 308 g/mol. The second-order valence-electron chi connectivity index (χ2n) is 4.19. The minimum Gasteiger partial charge on any atom is -0.325 e. The van der Waals surface area contributed by atoms with Crippen molar-refractivity contribution in [2.24, 2.45) is 0 Å². The highest BCUT2D eigenvalue weighted by Crippen LogP contribution is 2.25. The number of anilines is 2. The molecule has 21 heavy (non-hydrogen) atoms. The Morgan fingerprint density at radius 2 is 2.00 bits per heavy atom. The fraction of sp³-hybridized carbons (Fsp3) is 0.0714. The molecule has 0 radical (unpaired) electrons. The predicted octanol–water partition coefficient (Wildman–Crippen LogP) is 3.08. The van der Waals surface area contributed by atoms with E-state index >= 15 is 0 Å². The molecule has 0 saturated heterocycles. The van der Waals surface area contributed by atoms with Gasteiger partial charge in [0.05, 0.1) is 22.5 Å². The summed E-state index contributed by atoms with van der Waals surface area (Å²) in [7, 11) is 0. The van der Waals surface area contributed by atoms with Crippen LogP contribution in [0.4, 0.5) is 15.8 Å². The first-order valence-corrected chi connectivity index (χ1v) is 6.33. The lowest BCUT2D eigenvalue weighted by atomic mass is 10.2. The largest absolute Gasteiger partial charge is 0.325 e. The molecule has 1 aromatic heterocycles. The molecule has 2 N–H and O–H groups in total. The Bertz CT molecular complexity index is 706. The lowest BCUT2D eigenvalue weighted by molar-refractivity contribution is -0.114. The summed E-state index contributed by atoms with van der Waals surface area (Å²) < 4.78 is 13.4. The number of hydrogen-bond acceptors (Lipinski definition) is 3. The molecule has 2 aromatic rings. The third-order valence-electron chi connectivity index (χ3n) is 2.55. The van der Waals surface area contributed by atoms with Gasteiger partial charge in [-0.3, -0.25) is 14.6 Å². The highest BCUT2D eigenvalue weighted by Gasteiger charge is 2.12. The maximum Gasteiger partial charge on any atom is 0.258 e. The predicted molar refractivity (Wildman–Crippen MR) is 77.9 cm³/mol. The van der Waals surface area contributed by atoms with Gasteiger partial charge in [0.15, 0.2) is 5.82 Å². The number of benzene rings is 1. The van der Waals surface area contributed by atoms with E-state index in [1.165, 1.54) is 25.3 Å². The molecule has 0 spiro atoms. The normalized spacial score (nSPS) is 10.0. The molecular formula is C14H11ClFN3O2. The summed E-state index contributed by atoms with van der Waals surface area (Å²) in [6, 6.07) is 5.83. The molecule has 0 atom stereocenters. The van der Waals surface area contributed by atoms with Crippen LogP contribution in [0.2, 0.25) is 5.02 Å². The summed E-state index contributed by atoms with van der Waals surface area (Å²) in [4.78, 5) is 26.5. The standard InChI is InChI=1S/C14H11ClFN3O2/c1-8(20)18-13-3-2-9(6-11(13)15)19-14(21)10-4-5-17-7-12(10)16/h2-7H,1H3,(H,18,20)(H,19,21). The Hall–Kier alpha value is -2.47. The second-order valence-corrected chi connectivity index (χ2v) is 4.59. The summed E-state index contributed by atoms with van der Waals surface area (Å²) in [5.41, 5.74) is 0.694. The molecule has 1 heterocycles. The van der Waals surface area contributed by atoms with E-state index in [1.54, 1.807) is 12.1 Å². The fourth-order valence-electron chi connectivity index (χ4n) is 1.64.